The lowest BCUT2D eigenvalue weighted by Crippen LogP contribution is -2.54. The zero-order valence-corrected chi connectivity index (χ0v) is 12.5. The van der Waals surface area contributed by atoms with Crippen molar-refractivity contribution in [3.63, 3.8) is 0 Å². The maximum atomic E-state index is 12.0. The summed E-state index contributed by atoms with van der Waals surface area (Å²) in [5, 5.41) is 3.28. The Morgan fingerprint density at radius 3 is 2.72 bits per heavy atom. The minimum Gasteiger partial charge on any atom is -0.468 e. The lowest BCUT2D eigenvalue weighted by Gasteiger charge is -2.36. The summed E-state index contributed by atoms with van der Waals surface area (Å²) in [6.45, 7) is 10.4. The lowest BCUT2D eigenvalue weighted by atomic mass is 9.92. The van der Waals surface area contributed by atoms with E-state index >= 15 is 0 Å². The van der Waals surface area contributed by atoms with E-state index in [4.69, 9.17) is 4.74 Å². The molecule has 1 fully saturated rings. The van der Waals surface area contributed by atoms with E-state index in [9.17, 15) is 4.79 Å². The molecule has 18 heavy (non-hydrogen) atoms. The number of hydrogen-bond acceptors (Lipinski definition) is 4. The predicted molar refractivity (Wildman–Crippen MR) is 73.6 cm³/mol. The fourth-order valence-corrected chi connectivity index (χ4v) is 3.16. The molecule has 106 valence electrons. The van der Waals surface area contributed by atoms with Crippen LogP contribution in [0.2, 0.25) is 0 Å². The largest absolute Gasteiger partial charge is 0.468 e. The lowest BCUT2D eigenvalue weighted by molar-refractivity contribution is -0.148. The molecule has 1 heterocycles. The van der Waals surface area contributed by atoms with E-state index in [0.29, 0.717) is 12.1 Å². The van der Waals surface area contributed by atoms with E-state index in [0.717, 1.165) is 19.5 Å². The molecule has 0 aromatic carbocycles. The highest BCUT2D eigenvalue weighted by molar-refractivity contribution is 5.80. The Bertz CT molecular complexity index is 283. The Balaban J connectivity index is 2.68. The van der Waals surface area contributed by atoms with Crippen LogP contribution in [0.4, 0.5) is 0 Å². The number of ether oxygens (including phenoxy) is 1. The fourth-order valence-electron chi connectivity index (χ4n) is 3.16. The average Bonchev–Trinajstić information content (AvgIpc) is 2.74. The first kappa shape index (κ1) is 15.4. The molecule has 4 heteroatoms. The topological polar surface area (TPSA) is 41.6 Å². The first-order valence-corrected chi connectivity index (χ1v) is 7.03. The quantitative estimate of drug-likeness (QED) is 0.736. The molecule has 1 aliphatic heterocycles. The van der Waals surface area contributed by atoms with Crippen molar-refractivity contribution < 1.29 is 9.53 Å². The van der Waals surface area contributed by atoms with Crippen LogP contribution in [0.3, 0.4) is 0 Å². The van der Waals surface area contributed by atoms with Gasteiger partial charge in [0.05, 0.1) is 7.11 Å². The summed E-state index contributed by atoms with van der Waals surface area (Å²) in [5.74, 6) is -0.164. The second-order valence-corrected chi connectivity index (χ2v) is 5.64. The maximum Gasteiger partial charge on any atom is 0.325 e. The third-order valence-corrected chi connectivity index (χ3v) is 4.08. The molecule has 0 aliphatic carbocycles. The number of nitrogens with zero attached hydrogens (tertiary/aromatic N) is 1. The van der Waals surface area contributed by atoms with Gasteiger partial charge >= 0.3 is 5.97 Å². The maximum absolute atomic E-state index is 12.0. The number of likely N-dealkylation sites (N-methyl/N-ethyl adjacent to an activating group) is 1. The molecule has 0 bridgehead atoms. The van der Waals surface area contributed by atoms with Gasteiger partial charge in [0.2, 0.25) is 0 Å². The van der Waals surface area contributed by atoms with E-state index in [-0.39, 0.29) is 5.97 Å². The number of nitrogens with one attached hydrogen (secondary N) is 1. The first-order valence-electron chi connectivity index (χ1n) is 7.03. The van der Waals surface area contributed by atoms with Crippen LogP contribution in [0.5, 0.6) is 0 Å². The summed E-state index contributed by atoms with van der Waals surface area (Å²) in [6.07, 6.45) is 3.32. The van der Waals surface area contributed by atoms with Gasteiger partial charge in [-0.05, 0) is 53.1 Å². The number of carbonyl (C=O) groups excluding carboxylic acids is 1. The van der Waals surface area contributed by atoms with Gasteiger partial charge in [-0.25, -0.2) is 0 Å². The molecular formula is C14H28N2O2. The molecule has 0 spiro atoms. The predicted octanol–water partition coefficient (Wildman–Crippen LogP) is 1.79. The van der Waals surface area contributed by atoms with Crippen LogP contribution in [0.1, 0.15) is 47.0 Å². The second-order valence-electron chi connectivity index (χ2n) is 5.64. The van der Waals surface area contributed by atoms with Gasteiger partial charge in [-0.2, -0.15) is 0 Å². The summed E-state index contributed by atoms with van der Waals surface area (Å²) in [4.78, 5) is 14.5. The molecule has 0 aromatic heterocycles. The molecule has 0 saturated carbocycles. The molecule has 4 nitrogen and oxygen atoms in total. The zero-order chi connectivity index (χ0) is 13.8. The monoisotopic (exact) mass is 256 g/mol. The minimum atomic E-state index is -0.578. The number of rotatable bonds is 6. The van der Waals surface area contributed by atoms with Crippen molar-refractivity contribution in [2.75, 3.05) is 20.2 Å². The van der Waals surface area contributed by atoms with Crippen LogP contribution in [-0.4, -0.2) is 48.7 Å². The smallest absolute Gasteiger partial charge is 0.325 e. The van der Waals surface area contributed by atoms with Crippen molar-refractivity contribution in [2.45, 2.75) is 64.6 Å². The molecular weight excluding hydrogens is 228 g/mol. The van der Waals surface area contributed by atoms with Gasteiger partial charge in [0.25, 0.3) is 0 Å². The van der Waals surface area contributed by atoms with Crippen LogP contribution in [0.15, 0.2) is 0 Å². The number of carbonyl (C=O) groups is 1. The van der Waals surface area contributed by atoms with Crippen molar-refractivity contribution in [2.24, 2.45) is 0 Å². The van der Waals surface area contributed by atoms with Gasteiger partial charge < -0.3 is 10.1 Å². The first-order chi connectivity index (χ1) is 8.44. The molecule has 0 amide bonds. The van der Waals surface area contributed by atoms with Gasteiger partial charge in [0.1, 0.15) is 5.54 Å². The summed E-state index contributed by atoms with van der Waals surface area (Å²) in [5.41, 5.74) is -0.578. The number of methoxy groups -OCH3 is 1. The van der Waals surface area contributed by atoms with Crippen LogP contribution in [0.25, 0.3) is 0 Å². The van der Waals surface area contributed by atoms with Gasteiger partial charge in [0, 0.05) is 12.1 Å². The molecule has 0 aromatic rings. The van der Waals surface area contributed by atoms with E-state index in [1.807, 2.05) is 13.8 Å². The van der Waals surface area contributed by atoms with Gasteiger partial charge in [-0.3, -0.25) is 9.69 Å². The normalized spacial score (nSPS) is 25.7. The van der Waals surface area contributed by atoms with E-state index in [1.54, 1.807) is 0 Å². The van der Waals surface area contributed by atoms with E-state index in [1.165, 1.54) is 20.0 Å². The highest BCUT2D eigenvalue weighted by Gasteiger charge is 2.37. The second kappa shape index (κ2) is 6.53. The van der Waals surface area contributed by atoms with Gasteiger partial charge in [0.15, 0.2) is 0 Å². The van der Waals surface area contributed by atoms with Gasteiger partial charge in [-0.1, -0.05) is 6.92 Å². The Morgan fingerprint density at radius 1 is 1.61 bits per heavy atom. The summed E-state index contributed by atoms with van der Waals surface area (Å²) in [6, 6.07) is 1.02. The van der Waals surface area contributed by atoms with Crippen molar-refractivity contribution in [3.8, 4) is 0 Å². The molecule has 1 saturated heterocycles. The Labute approximate surface area is 111 Å². The summed E-state index contributed by atoms with van der Waals surface area (Å²) < 4.78 is 4.94. The van der Waals surface area contributed by atoms with Crippen LogP contribution in [0, 0.1) is 0 Å². The number of hydrogen-bond donors (Lipinski definition) is 1. The third kappa shape index (κ3) is 3.45. The Morgan fingerprint density at radius 2 is 2.28 bits per heavy atom. The van der Waals surface area contributed by atoms with Crippen molar-refractivity contribution in [3.05, 3.63) is 0 Å². The third-order valence-electron chi connectivity index (χ3n) is 4.08. The van der Waals surface area contributed by atoms with Crippen LogP contribution < -0.4 is 5.32 Å². The standard InChI is InChI=1S/C14H28N2O2/c1-6-15-14(4,13(17)18-5)10-12(3)16-9-7-8-11(16)2/h11-12,15H,6-10H2,1-5H3. The van der Waals surface area contributed by atoms with Crippen LogP contribution >= 0.6 is 0 Å². The molecule has 0 radical (unpaired) electrons. The number of likely N-dealkylation sites (tertiary alicyclic amines) is 1. The highest BCUT2D eigenvalue weighted by atomic mass is 16.5. The van der Waals surface area contributed by atoms with E-state index in [2.05, 4.69) is 24.1 Å². The van der Waals surface area contributed by atoms with Crippen molar-refractivity contribution >= 4 is 5.97 Å². The SMILES string of the molecule is CCNC(C)(CC(C)N1CCCC1C)C(=O)OC. The molecule has 3 unspecified atom stereocenters. The molecule has 1 N–H and O–H groups in total. The van der Waals surface area contributed by atoms with Crippen molar-refractivity contribution in [1.29, 1.82) is 0 Å². The average molecular weight is 256 g/mol. The summed E-state index contributed by atoms with van der Waals surface area (Å²) in [7, 11) is 1.46. The molecule has 1 rings (SSSR count). The highest BCUT2D eigenvalue weighted by Crippen LogP contribution is 2.25. The summed E-state index contributed by atoms with van der Waals surface area (Å²) >= 11 is 0. The van der Waals surface area contributed by atoms with Crippen LogP contribution in [-0.2, 0) is 9.53 Å². The van der Waals surface area contributed by atoms with Gasteiger partial charge in [-0.15, -0.1) is 0 Å². The van der Waals surface area contributed by atoms with E-state index < -0.39 is 5.54 Å². The fraction of sp³-hybridized carbons (Fsp3) is 0.929. The molecule has 3 atom stereocenters. The van der Waals surface area contributed by atoms with Crippen molar-refractivity contribution in [1.82, 2.24) is 10.2 Å². The Hall–Kier alpha value is -0.610. The molecule has 1 aliphatic rings. The zero-order valence-electron chi connectivity index (χ0n) is 12.5. The number of esters is 1. The Kier molecular flexibility index (Phi) is 5.60. The minimum absolute atomic E-state index is 0.164.